The van der Waals surface area contributed by atoms with Crippen molar-refractivity contribution in [3.05, 3.63) is 97.9 Å². The molecule has 0 bridgehead atoms. The van der Waals surface area contributed by atoms with Gasteiger partial charge < -0.3 is 4.57 Å². The zero-order chi connectivity index (χ0) is 22.1. The Morgan fingerprint density at radius 2 is 1.61 bits per heavy atom. The smallest absolute Gasteiger partial charge is 0.323 e. The van der Waals surface area contributed by atoms with E-state index < -0.39 is 0 Å². The van der Waals surface area contributed by atoms with E-state index in [0.29, 0.717) is 29.3 Å². The van der Waals surface area contributed by atoms with Crippen LogP contribution in [-0.2, 0) is 20.6 Å². The Hall–Kier alpha value is -3.16. The maximum Gasteiger partial charge on any atom is 0.332 e. The molecule has 0 amide bonds. The summed E-state index contributed by atoms with van der Waals surface area (Å²) in [5, 5.41) is 0.699. The molecule has 0 aliphatic carbocycles. The molecule has 0 fully saturated rings. The number of benzene rings is 2. The first-order valence-electron chi connectivity index (χ1n) is 10.00. The molecule has 1 atom stereocenters. The highest BCUT2D eigenvalue weighted by Crippen LogP contribution is 2.28. The average Bonchev–Trinajstić information content (AvgIpc) is 3.21. The van der Waals surface area contributed by atoms with Crippen LogP contribution >= 0.6 is 11.6 Å². The zero-order valence-corrected chi connectivity index (χ0v) is 18.5. The molecule has 0 saturated heterocycles. The number of nitrogens with zero attached hydrogens (tertiary/aromatic N) is 5. The van der Waals surface area contributed by atoms with Gasteiger partial charge in [-0.05, 0) is 30.3 Å². The number of aryl methyl sites for hydroxylation is 1. The molecular weight excluding hydrogens is 414 g/mol. The summed E-state index contributed by atoms with van der Waals surface area (Å²) in [5.41, 5.74) is 2.41. The van der Waals surface area contributed by atoms with Crippen LogP contribution in [0.1, 0.15) is 17.2 Å². The van der Waals surface area contributed by atoms with Crippen LogP contribution in [0.25, 0.3) is 11.2 Å². The molecule has 7 nitrogen and oxygen atoms in total. The van der Waals surface area contributed by atoms with E-state index in [4.69, 9.17) is 11.6 Å². The molecule has 31 heavy (non-hydrogen) atoms. The van der Waals surface area contributed by atoms with Crippen molar-refractivity contribution in [1.29, 1.82) is 0 Å². The number of fused-ring (bicyclic) bond motifs is 1. The highest BCUT2D eigenvalue weighted by molar-refractivity contribution is 6.30. The Labute approximate surface area is 184 Å². The van der Waals surface area contributed by atoms with Gasteiger partial charge in [-0.3, -0.25) is 18.8 Å². The molecule has 0 saturated carbocycles. The molecule has 0 aliphatic rings. The highest BCUT2D eigenvalue weighted by Gasteiger charge is 2.20. The molecule has 8 heteroatoms. The lowest BCUT2D eigenvalue weighted by Crippen LogP contribution is -2.38. The van der Waals surface area contributed by atoms with Crippen LogP contribution in [0.2, 0.25) is 5.02 Å². The zero-order valence-electron chi connectivity index (χ0n) is 17.7. The molecule has 4 rings (SSSR count). The summed E-state index contributed by atoms with van der Waals surface area (Å²) < 4.78 is 4.33. The maximum atomic E-state index is 12.7. The fourth-order valence-corrected chi connectivity index (χ4v) is 4.07. The molecule has 1 unspecified atom stereocenters. The van der Waals surface area contributed by atoms with Crippen LogP contribution in [0.15, 0.2) is 70.5 Å². The Morgan fingerprint density at radius 3 is 2.29 bits per heavy atom. The Morgan fingerprint density at radius 1 is 0.968 bits per heavy atom. The minimum Gasteiger partial charge on any atom is -0.323 e. The first-order valence-corrected chi connectivity index (χ1v) is 10.4. The topological polar surface area (TPSA) is 65.1 Å². The van der Waals surface area contributed by atoms with Gasteiger partial charge in [-0.15, -0.1) is 0 Å². The quantitative estimate of drug-likeness (QED) is 0.465. The minimum atomic E-state index is -0.383. The fraction of sp³-hybridized carbons (Fsp3) is 0.261. The van der Waals surface area contributed by atoms with Crippen molar-refractivity contribution in [1.82, 2.24) is 23.6 Å². The summed E-state index contributed by atoms with van der Waals surface area (Å²) in [6.45, 7) is 1.22. The highest BCUT2D eigenvalue weighted by atomic mass is 35.5. The van der Waals surface area contributed by atoms with Crippen molar-refractivity contribution in [2.75, 3.05) is 13.6 Å². The van der Waals surface area contributed by atoms with Crippen molar-refractivity contribution in [3.63, 3.8) is 0 Å². The van der Waals surface area contributed by atoms with Crippen molar-refractivity contribution in [2.45, 2.75) is 12.6 Å². The third-order valence-electron chi connectivity index (χ3n) is 5.65. The van der Waals surface area contributed by atoms with Gasteiger partial charge in [0.1, 0.15) is 0 Å². The largest absolute Gasteiger partial charge is 0.332 e. The van der Waals surface area contributed by atoms with E-state index in [1.54, 1.807) is 13.4 Å². The van der Waals surface area contributed by atoms with Crippen LogP contribution in [0, 0.1) is 0 Å². The van der Waals surface area contributed by atoms with Gasteiger partial charge in [0.25, 0.3) is 5.56 Å². The second-order valence-electron chi connectivity index (χ2n) is 7.66. The van der Waals surface area contributed by atoms with Crippen molar-refractivity contribution >= 4 is 22.8 Å². The molecule has 160 valence electrons. The summed E-state index contributed by atoms with van der Waals surface area (Å²) in [4.78, 5) is 31.4. The van der Waals surface area contributed by atoms with Crippen LogP contribution in [0.4, 0.5) is 0 Å². The molecule has 2 heterocycles. The second-order valence-corrected chi connectivity index (χ2v) is 8.10. The predicted molar refractivity (Wildman–Crippen MR) is 123 cm³/mol. The molecule has 0 N–H and O–H groups in total. The number of rotatable bonds is 6. The lowest BCUT2D eigenvalue weighted by atomic mass is 9.97. The summed E-state index contributed by atoms with van der Waals surface area (Å²) in [6, 6.07) is 18.2. The van der Waals surface area contributed by atoms with E-state index in [0.717, 1.165) is 10.1 Å². The van der Waals surface area contributed by atoms with Crippen LogP contribution in [0.3, 0.4) is 0 Å². The van der Waals surface area contributed by atoms with Crippen molar-refractivity contribution in [2.24, 2.45) is 14.1 Å². The third kappa shape index (κ3) is 3.94. The Balaban J connectivity index is 1.66. The third-order valence-corrected chi connectivity index (χ3v) is 5.90. The van der Waals surface area contributed by atoms with E-state index in [1.807, 2.05) is 47.0 Å². The Bertz CT molecular complexity index is 1320. The molecule has 0 spiro atoms. The van der Waals surface area contributed by atoms with Gasteiger partial charge in [0.15, 0.2) is 11.2 Å². The van der Waals surface area contributed by atoms with E-state index in [2.05, 4.69) is 29.1 Å². The standard InChI is InChI=1S/C23H24ClN5O2/c1-26(19(16-7-5-4-6-8-16)17-9-11-18(24)12-10-17)13-14-29-15-25-21-20(29)22(30)28(3)23(31)27(21)2/h4-12,15,19H,13-14H2,1-3H3. The molecule has 2 aromatic carbocycles. The monoisotopic (exact) mass is 437 g/mol. The van der Waals surface area contributed by atoms with E-state index in [1.165, 1.54) is 17.2 Å². The summed E-state index contributed by atoms with van der Waals surface area (Å²) >= 11 is 6.10. The van der Waals surface area contributed by atoms with Gasteiger partial charge in [0.2, 0.25) is 0 Å². The summed E-state index contributed by atoms with van der Waals surface area (Å²) in [7, 11) is 5.17. The van der Waals surface area contributed by atoms with Crippen molar-refractivity contribution < 1.29 is 0 Å². The lowest BCUT2D eigenvalue weighted by molar-refractivity contribution is 0.268. The summed E-state index contributed by atoms with van der Waals surface area (Å²) in [6.07, 6.45) is 1.62. The van der Waals surface area contributed by atoms with Gasteiger partial charge >= 0.3 is 5.69 Å². The minimum absolute atomic E-state index is 0.0282. The van der Waals surface area contributed by atoms with Crippen LogP contribution < -0.4 is 11.2 Å². The number of likely N-dealkylation sites (N-methyl/N-ethyl adjacent to an activating group) is 1. The number of aromatic nitrogens is 4. The first-order chi connectivity index (χ1) is 14.9. The number of hydrogen-bond donors (Lipinski definition) is 0. The normalized spacial score (nSPS) is 12.5. The van der Waals surface area contributed by atoms with E-state index in [9.17, 15) is 9.59 Å². The molecule has 0 radical (unpaired) electrons. The van der Waals surface area contributed by atoms with Crippen LogP contribution in [-0.4, -0.2) is 37.2 Å². The van der Waals surface area contributed by atoms with E-state index in [-0.39, 0.29) is 17.3 Å². The van der Waals surface area contributed by atoms with Gasteiger partial charge in [-0.1, -0.05) is 54.1 Å². The fourth-order valence-electron chi connectivity index (χ4n) is 3.94. The predicted octanol–water partition coefficient (Wildman–Crippen LogP) is 2.81. The number of halogens is 1. The summed E-state index contributed by atoms with van der Waals surface area (Å²) in [5.74, 6) is 0. The molecule has 4 aromatic rings. The lowest BCUT2D eigenvalue weighted by Gasteiger charge is -2.29. The molecular formula is C23H24ClN5O2. The second kappa shape index (κ2) is 8.53. The van der Waals surface area contributed by atoms with E-state index >= 15 is 0 Å². The van der Waals surface area contributed by atoms with Crippen LogP contribution in [0.5, 0.6) is 0 Å². The first kappa shape index (κ1) is 21.1. The SMILES string of the molecule is CN(CCn1cnc2c1c(=O)n(C)c(=O)n2C)C(c1ccccc1)c1ccc(Cl)cc1. The van der Waals surface area contributed by atoms with Gasteiger partial charge in [-0.25, -0.2) is 9.78 Å². The van der Waals surface area contributed by atoms with Gasteiger partial charge in [0, 0.05) is 32.2 Å². The molecule has 0 aliphatic heterocycles. The average molecular weight is 438 g/mol. The molecule has 2 aromatic heterocycles. The number of imidazole rings is 1. The van der Waals surface area contributed by atoms with Gasteiger partial charge in [0.05, 0.1) is 12.4 Å². The van der Waals surface area contributed by atoms with Crippen molar-refractivity contribution in [3.8, 4) is 0 Å². The Kier molecular flexibility index (Phi) is 5.80. The maximum absolute atomic E-state index is 12.7. The van der Waals surface area contributed by atoms with Gasteiger partial charge in [-0.2, -0.15) is 0 Å². The number of hydrogen-bond acceptors (Lipinski definition) is 4.